The second kappa shape index (κ2) is 4.77. The smallest absolute Gasteiger partial charge is 0.391 e. The molecule has 0 N–H and O–H groups in total. The van der Waals surface area contributed by atoms with E-state index >= 15 is 0 Å². The van der Waals surface area contributed by atoms with Gasteiger partial charge in [0.1, 0.15) is 5.75 Å². The molecule has 0 saturated heterocycles. The molecule has 92 valence electrons. The summed E-state index contributed by atoms with van der Waals surface area (Å²) in [5.41, 5.74) is -1.75. The van der Waals surface area contributed by atoms with E-state index in [-0.39, 0.29) is 11.4 Å². The molecule has 6 nitrogen and oxygen atoms in total. The third-order valence-electron chi connectivity index (χ3n) is 1.96. The van der Waals surface area contributed by atoms with Crippen LogP contribution in [0, 0.1) is 10.1 Å². The maximum Gasteiger partial charge on any atom is 0.391 e. The Morgan fingerprint density at radius 3 is 2.65 bits per heavy atom. The number of hydrogen-bond acceptors (Lipinski definition) is 5. The van der Waals surface area contributed by atoms with Gasteiger partial charge in [0.25, 0.3) is 5.69 Å². The van der Waals surface area contributed by atoms with Crippen molar-refractivity contribution in [2.45, 2.75) is 19.4 Å². The van der Waals surface area contributed by atoms with Crippen molar-refractivity contribution in [3.8, 4) is 5.75 Å². The Bertz CT molecular complexity index is 446. The average Bonchev–Trinajstić information content (AvgIpc) is 2.27. The van der Waals surface area contributed by atoms with Gasteiger partial charge in [-0.25, -0.2) is 4.79 Å². The van der Waals surface area contributed by atoms with Crippen molar-refractivity contribution in [2.75, 3.05) is 0 Å². The first-order valence-corrected chi connectivity index (χ1v) is 4.63. The van der Waals surface area contributed by atoms with Gasteiger partial charge >= 0.3 is 5.97 Å². The monoisotopic (exact) mass is 243 g/mol. The van der Waals surface area contributed by atoms with E-state index in [1.54, 1.807) is 0 Å². The third kappa shape index (κ3) is 3.13. The van der Waals surface area contributed by atoms with Gasteiger partial charge in [-0.05, 0) is 19.9 Å². The van der Waals surface area contributed by atoms with E-state index in [2.05, 4.69) is 4.94 Å². The molecule has 0 amide bonds. The second-order valence-corrected chi connectivity index (χ2v) is 3.73. The van der Waals surface area contributed by atoms with Crippen LogP contribution in [0.25, 0.3) is 0 Å². The fourth-order valence-electron chi connectivity index (χ4n) is 1.09. The van der Waals surface area contributed by atoms with Gasteiger partial charge in [0.15, 0.2) is 0 Å². The molecule has 0 aliphatic carbocycles. The number of carbonyl (C=O) groups excluding carboxylic acids is 1. The number of hydrogen-bond donors (Lipinski definition) is 0. The highest BCUT2D eigenvalue weighted by Crippen LogP contribution is 2.24. The number of benzene rings is 1. The van der Waals surface area contributed by atoms with Crippen molar-refractivity contribution < 1.29 is 23.9 Å². The zero-order chi connectivity index (χ0) is 13.1. The first kappa shape index (κ1) is 12.9. The van der Waals surface area contributed by atoms with Gasteiger partial charge in [-0.2, -0.15) is 0 Å². The van der Waals surface area contributed by atoms with Gasteiger partial charge in [-0.3, -0.25) is 15.1 Å². The van der Waals surface area contributed by atoms with Crippen LogP contribution in [0.15, 0.2) is 24.3 Å². The molecule has 0 saturated carbocycles. The fraction of sp³-hybridized carbons (Fsp3) is 0.300. The normalized spacial score (nSPS) is 10.8. The highest BCUT2D eigenvalue weighted by atomic mass is 19.3. The molecule has 0 heterocycles. The zero-order valence-corrected chi connectivity index (χ0v) is 9.18. The fourth-order valence-corrected chi connectivity index (χ4v) is 1.09. The Kier molecular flexibility index (Phi) is 3.62. The van der Waals surface area contributed by atoms with Crippen LogP contribution in [0.1, 0.15) is 13.8 Å². The summed E-state index contributed by atoms with van der Waals surface area (Å²) < 4.78 is 16.9. The van der Waals surface area contributed by atoms with Crippen LogP contribution in [-0.4, -0.2) is 16.5 Å². The van der Waals surface area contributed by atoms with E-state index in [0.717, 1.165) is 6.07 Å². The molecule has 1 aromatic rings. The second-order valence-electron chi connectivity index (χ2n) is 3.73. The van der Waals surface area contributed by atoms with Crippen LogP contribution in [0.2, 0.25) is 0 Å². The minimum Gasteiger partial charge on any atom is -0.476 e. The summed E-state index contributed by atoms with van der Waals surface area (Å²) in [5.74, 6) is -1.14. The number of nitro benzene ring substituents is 1. The predicted molar refractivity (Wildman–Crippen MR) is 55.0 cm³/mol. The van der Waals surface area contributed by atoms with E-state index in [0.29, 0.717) is 0 Å². The third-order valence-corrected chi connectivity index (χ3v) is 1.96. The van der Waals surface area contributed by atoms with E-state index in [1.165, 1.54) is 32.0 Å². The van der Waals surface area contributed by atoms with Crippen LogP contribution in [0.5, 0.6) is 5.75 Å². The van der Waals surface area contributed by atoms with E-state index in [1.807, 2.05) is 0 Å². The lowest BCUT2D eigenvalue weighted by molar-refractivity contribution is -0.385. The van der Waals surface area contributed by atoms with Crippen molar-refractivity contribution in [3.63, 3.8) is 0 Å². The van der Waals surface area contributed by atoms with Crippen molar-refractivity contribution in [3.05, 3.63) is 34.4 Å². The SMILES string of the molecule is CC(C)(Oc1cccc([N+](=O)[O-])c1)C(=O)OF. The summed E-state index contributed by atoms with van der Waals surface area (Å²) in [5, 5.41) is 10.5. The van der Waals surface area contributed by atoms with E-state index in [9.17, 15) is 19.4 Å². The topological polar surface area (TPSA) is 78.7 Å². The summed E-state index contributed by atoms with van der Waals surface area (Å²) >= 11 is 0. The summed E-state index contributed by atoms with van der Waals surface area (Å²) in [4.78, 5) is 24.0. The first-order chi connectivity index (χ1) is 7.86. The molecule has 0 spiro atoms. The summed E-state index contributed by atoms with van der Waals surface area (Å²) in [7, 11) is 0. The standard InChI is InChI=1S/C10H10FNO5/c1-10(2,9(13)17-11)16-8-5-3-4-7(6-8)12(14)15/h3-6H,1-2H3. The highest BCUT2D eigenvalue weighted by molar-refractivity contribution is 5.78. The van der Waals surface area contributed by atoms with Gasteiger partial charge in [-0.1, -0.05) is 6.07 Å². The van der Waals surface area contributed by atoms with Crippen LogP contribution in [0.4, 0.5) is 10.2 Å². The molecule has 0 aliphatic heterocycles. The van der Waals surface area contributed by atoms with Crippen LogP contribution < -0.4 is 4.74 Å². The Balaban J connectivity index is 2.92. The number of rotatable bonds is 4. The molecule has 0 unspecified atom stereocenters. The minimum atomic E-state index is -1.57. The Morgan fingerprint density at radius 1 is 1.47 bits per heavy atom. The minimum absolute atomic E-state index is 0.0783. The zero-order valence-electron chi connectivity index (χ0n) is 9.18. The maximum atomic E-state index is 11.8. The molecule has 0 aromatic heterocycles. The van der Waals surface area contributed by atoms with Gasteiger partial charge in [0.05, 0.1) is 11.0 Å². The quantitative estimate of drug-likeness (QED) is 0.598. The van der Waals surface area contributed by atoms with Crippen molar-refractivity contribution in [1.29, 1.82) is 0 Å². The number of ether oxygens (including phenoxy) is 1. The van der Waals surface area contributed by atoms with Crippen LogP contribution in [-0.2, 0) is 9.74 Å². The molecular weight excluding hydrogens is 233 g/mol. The van der Waals surface area contributed by atoms with Gasteiger partial charge in [0.2, 0.25) is 5.60 Å². The summed E-state index contributed by atoms with van der Waals surface area (Å²) in [6, 6.07) is 5.21. The largest absolute Gasteiger partial charge is 0.476 e. The molecule has 0 bridgehead atoms. The molecule has 0 fully saturated rings. The van der Waals surface area contributed by atoms with Gasteiger partial charge in [0, 0.05) is 10.6 Å². The molecule has 0 radical (unpaired) electrons. The first-order valence-electron chi connectivity index (χ1n) is 4.63. The lowest BCUT2D eigenvalue weighted by Crippen LogP contribution is -2.38. The van der Waals surface area contributed by atoms with Crippen LogP contribution in [0.3, 0.4) is 0 Å². The number of nitrogens with zero attached hydrogens (tertiary/aromatic N) is 1. The molecule has 1 aromatic carbocycles. The summed E-state index contributed by atoms with van der Waals surface area (Å²) in [6.07, 6.45) is 0. The predicted octanol–water partition coefficient (Wildman–Crippen LogP) is 2.18. The lowest BCUT2D eigenvalue weighted by atomic mass is 10.1. The van der Waals surface area contributed by atoms with Crippen LogP contribution >= 0.6 is 0 Å². The van der Waals surface area contributed by atoms with E-state index < -0.39 is 16.5 Å². The van der Waals surface area contributed by atoms with Crippen molar-refractivity contribution in [2.24, 2.45) is 0 Å². The maximum absolute atomic E-state index is 11.8. The molecule has 0 aliphatic rings. The molecule has 17 heavy (non-hydrogen) atoms. The van der Waals surface area contributed by atoms with Crippen molar-refractivity contribution in [1.82, 2.24) is 0 Å². The Hall–Kier alpha value is -2.18. The van der Waals surface area contributed by atoms with Crippen molar-refractivity contribution >= 4 is 11.7 Å². The number of nitro groups is 1. The molecule has 7 heteroatoms. The van der Waals surface area contributed by atoms with Gasteiger partial charge < -0.3 is 4.74 Å². The van der Waals surface area contributed by atoms with E-state index in [4.69, 9.17) is 4.74 Å². The molecule has 1 rings (SSSR count). The Morgan fingerprint density at radius 2 is 2.12 bits per heavy atom. The van der Waals surface area contributed by atoms with Gasteiger partial charge in [-0.15, -0.1) is 0 Å². The number of non-ortho nitro benzene ring substituents is 1. The molecular formula is C10H10FNO5. The highest BCUT2D eigenvalue weighted by Gasteiger charge is 2.33. The Labute approximate surface area is 96.0 Å². The average molecular weight is 243 g/mol. The lowest BCUT2D eigenvalue weighted by Gasteiger charge is -2.21. The summed E-state index contributed by atoms with van der Waals surface area (Å²) in [6.45, 7) is 2.57. The number of halogens is 1. The molecule has 0 atom stereocenters. The number of carbonyl (C=O) groups is 1.